The molecule has 2 aliphatic carbocycles. The van der Waals surface area contributed by atoms with Crippen molar-refractivity contribution in [3.63, 3.8) is 0 Å². The second-order valence-corrected chi connectivity index (χ2v) is 15.8. The molecule has 0 unspecified atom stereocenters. The molecule has 0 aliphatic heterocycles. The molecule has 3 heteroatoms. The second-order valence-electron chi connectivity index (χ2n) is 15.8. The smallest absolute Gasteiger partial charge is 1.00 e. The van der Waals surface area contributed by atoms with Crippen LogP contribution in [0.1, 0.15) is 144 Å². The molecule has 6 aromatic rings. The van der Waals surface area contributed by atoms with Gasteiger partial charge in [-0.05, 0) is 71.6 Å². The standard InChI is InChI=1S/2C24H27.C3H6.2ClH.Ti/c2*1-17(2)18-11-13-20(14-12-18)23-10-6-9-21-15-22(16-24(21)23)19-7-4-3-5-8-19;1-3-2;;;/h2*6,9-17,19H,3-5,7-8H2,1-2H3;1-3H2;2*1H;/q2*-1;-2;;;+2/p-2. The molecule has 0 radical (unpaired) electrons. The molecule has 2 aliphatic rings. The Balaban J connectivity index is 0.000000257. The number of fused-ring (bicyclic) bond motifs is 2. The van der Waals surface area contributed by atoms with Crippen LogP contribution in [0, 0.1) is 13.8 Å². The Hall–Kier alpha value is -2.61. The van der Waals surface area contributed by atoms with Crippen LogP contribution >= 0.6 is 0 Å². The van der Waals surface area contributed by atoms with E-state index in [0.717, 1.165) is 18.3 Å². The van der Waals surface area contributed by atoms with Crippen molar-refractivity contribution < 1.29 is 46.5 Å². The molecule has 0 spiro atoms. The third-order valence-corrected chi connectivity index (χ3v) is 11.5. The average Bonchev–Trinajstić information content (AvgIpc) is 3.82. The van der Waals surface area contributed by atoms with Crippen LogP contribution in [0.5, 0.6) is 0 Å². The van der Waals surface area contributed by atoms with Crippen LogP contribution < -0.4 is 24.8 Å². The molecule has 286 valence electrons. The first kappa shape index (κ1) is 45.8. The molecule has 2 fully saturated rings. The first-order valence-electron chi connectivity index (χ1n) is 20.0. The quantitative estimate of drug-likeness (QED) is 0.117. The second kappa shape index (κ2) is 22.2. The maximum absolute atomic E-state index is 3.38. The predicted octanol–water partition coefficient (Wildman–Crippen LogP) is 9.84. The summed E-state index contributed by atoms with van der Waals surface area (Å²) < 4.78 is 0. The minimum atomic E-state index is 0. The Kier molecular flexibility index (Phi) is 18.8. The molecule has 0 nitrogen and oxygen atoms in total. The zero-order chi connectivity index (χ0) is 35.7. The molecule has 0 atom stereocenters. The fraction of sp³-hybridized carbons (Fsp3) is 0.373. The van der Waals surface area contributed by atoms with Gasteiger partial charge in [-0.15, -0.1) is 69.1 Å². The van der Waals surface area contributed by atoms with Gasteiger partial charge in [0.1, 0.15) is 0 Å². The summed E-state index contributed by atoms with van der Waals surface area (Å²) in [4.78, 5) is 0. The van der Waals surface area contributed by atoms with Crippen molar-refractivity contribution in [3.8, 4) is 22.3 Å². The summed E-state index contributed by atoms with van der Waals surface area (Å²) in [5, 5.41) is 5.66. The van der Waals surface area contributed by atoms with Gasteiger partial charge < -0.3 is 45.1 Å². The minimum Gasteiger partial charge on any atom is -1.00 e. The fourth-order valence-corrected chi connectivity index (χ4v) is 8.46. The first-order valence-corrected chi connectivity index (χ1v) is 20.0. The molecular formula is C51H60Cl2Ti-4. The average molecular weight is 792 g/mol. The number of hydrogen-bond donors (Lipinski definition) is 0. The van der Waals surface area contributed by atoms with Gasteiger partial charge in [0.2, 0.25) is 0 Å². The normalized spacial score (nSPS) is 14.7. The summed E-state index contributed by atoms with van der Waals surface area (Å²) >= 11 is 0. The van der Waals surface area contributed by atoms with Crippen LogP contribution in [0.3, 0.4) is 0 Å². The molecule has 0 aromatic heterocycles. The van der Waals surface area contributed by atoms with Crippen molar-refractivity contribution in [2.75, 3.05) is 0 Å². The van der Waals surface area contributed by atoms with E-state index in [-0.39, 0.29) is 46.5 Å². The van der Waals surface area contributed by atoms with Crippen molar-refractivity contribution in [1.82, 2.24) is 0 Å². The SMILES string of the molecule is CC(C)c1ccc(-c2cccc3[cH-]c(C4CCCCC4)cc23)cc1.CC(C)c1ccc(-c2cccc3[cH-]c(C4CCCCC4)cc23)cc1.[CH2-]C[CH2-].[Cl-].[Cl-].[Ti+2]. The molecular weight excluding hydrogens is 731 g/mol. The largest absolute Gasteiger partial charge is 2.00 e. The molecule has 8 rings (SSSR count). The van der Waals surface area contributed by atoms with Crippen molar-refractivity contribution in [3.05, 3.63) is 145 Å². The predicted molar refractivity (Wildman–Crippen MR) is 225 cm³/mol. The van der Waals surface area contributed by atoms with E-state index in [1.54, 1.807) is 11.1 Å². The monoisotopic (exact) mass is 790 g/mol. The third kappa shape index (κ3) is 11.3. The van der Waals surface area contributed by atoms with Gasteiger partial charge in [0.15, 0.2) is 0 Å². The van der Waals surface area contributed by atoms with Crippen molar-refractivity contribution in [1.29, 1.82) is 0 Å². The molecule has 6 aromatic carbocycles. The van der Waals surface area contributed by atoms with Crippen LogP contribution in [0.2, 0.25) is 0 Å². The van der Waals surface area contributed by atoms with Crippen molar-refractivity contribution in [2.24, 2.45) is 0 Å². The maximum Gasteiger partial charge on any atom is 2.00 e. The molecule has 0 bridgehead atoms. The first-order chi connectivity index (χ1) is 24.9. The topological polar surface area (TPSA) is 0 Å². The third-order valence-electron chi connectivity index (χ3n) is 11.5. The maximum atomic E-state index is 3.38. The zero-order valence-electron chi connectivity index (χ0n) is 33.2. The summed E-state index contributed by atoms with van der Waals surface area (Å²) in [6.45, 7) is 15.8. The zero-order valence-corrected chi connectivity index (χ0v) is 36.2. The van der Waals surface area contributed by atoms with Gasteiger partial charge in [0.25, 0.3) is 0 Å². The Morgan fingerprint density at radius 2 is 0.852 bits per heavy atom. The van der Waals surface area contributed by atoms with E-state index >= 15 is 0 Å². The van der Waals surface area contributed by atoms with Gasteiger partial charge in [-0.3, -0.25) is 0 Å². The van der Waals surface area contributed by atoms with E-state index in [9.17, 15) is 0 Å². The van der Waals surface area contributed by atoms with Crippen LogP contribution in [-0.2, 0) is 21.7 Å². The number of benzene rings is 4. The van der Waals surface area contributed by atoms with E-state index < -0.39 is 0 Å². The summed E-state index contributed by atoms with van der Waals surface area (Å²) in [5.41, 5.74) is 11.4. The van der Waals surface area contributed by atoms with Gasteiger partial charge in [0, 0.05) is 0 Å². The number of halogens is 2. The summed E-state index contributed by atoms with van der Waals surface area (Å²) in [7, 11) is 0. The minimum absolute atomic E-state index is 0. The van der Waals surface area contributed by atoms with Gasteiger partial charge >= 0.3 is 21.7 Å². The van der Waals surface area contributed by atoms with Crippen molar-refractivity contribution >= 4 is 21.5 Å². The van der Waals surface area contributed by atoms with E-state index in [0.29, 0.717) is 11.8 Å². The van der Waals surface area contributed by atoms with Gasteiger partial charge in [-0.1, -0.05) is 138 Å². The van der Waals surface area contributed by atoms with Crippen LogP contribution in [-0.4, -0.2) is 0 Å². The van der Waals surface area contributed by atoms with E-state index in [1.807, 2.05) is 0 Å². The number of hydrogen-bond acceptors (Lipinski definition) is 0. The Morgan fingerprint density at radius 1 is 0.519 bits per heavy atom. The summed E-state index contributed by atoms with van der Waals surface area (Å²) in [5.74, 6) is 2.74. The van der Waals surface area contributed by atoms with Gasteiger partial charge in [0.05, 0.1) is 0 Å². The fourth-order valence-electron chi connectivity index (χ4n) is 8.46. The van der Waals surface area contributed by atoms with Crippen LogP contribution in [0.25, 0.3) is 43.8 Å². The Bertz CT molecular complexity index is 1800. The van der Waals surface area contributed by atoms with E-state index in [2.05, 4.69) is 151 Å². The molecule has 0 heterocycles. The van der Waals surface area contributed by atoms with Gasteiger partial charge in [-0.25, -0.2) is 0 Å². The van der Waals surface area contributed by atoms with E-state index in [4.69, 9.17) is 0 Å². The number of rotatable bonds is 6. The molecule has 0 N–H and O–H groups in total. The molecule has 2 saturated carbocycles. The Morgan fingerprint density at radius 3 is 1.17 bits per heavy atom. The van der Waals surface area contributed by atoms with Crippen LogP contribution in [0.15, 0.2) is 109 Å². The summed E-state index contributed by atoms with van der Waals surface area (Å²) in [6.07, 6.45) is 14.7. The van der Waals surface area contributed by atoms with Crippen LogP contribution in [0.4, 0.5) is 0 Å². The van der Waals surface area contributed by atoms with E-state index in [1.165, 1.54) is 119 Å². The molecule has 0 amide bonds. The molecule has 54 heavy (non-hydrogen) atoms. The molecule has 0 saturated heterocycles. The van der Waals surface area contributed by atoms with Crippen molar-refractivity contribution in [2.45, 2.75) is 122 Å². The Labute approximate surface area is 355 Å². The summed E-state index contributed by atoms with van der Waals surface area (Å²) in [6, 6.07) is 41.6. The van der Waals surface area contributed by atoms with Gasteiger partial charge in [-0.2, -0.15) is 12.1 Å².